The van der Waals surface area contributed by atoms with Gasteiger partial charge in [-0.25, -0.2) is 13.2 Å². The van der Waals surface area contributed by atoms with Crippen molar-refractivity contribution < 1.29 is 18.0 Å². The van der Waals surface area contributed by atoms with E-state index < -0.39 is 17.5 Å². The van der Waals surface area contributed by atoms with Crippen LogP contribution in [-0.2, 0) is 11.4 Å². The van der Waals surface area contributed by atoms with Gasteiger partial charge in [0.05, 0.1) is 7.11 Å². The Morgan fingerprint density at radius 2 is 1.92 bits per heavy atom. The summed E-state index contributed by atoms with van der Waals surface area (Å²) in [5, 5.41) is 0. The minimum atomic E-state index is -1.46. The lowest BCUT2D eigenvalue weighted by Gasteiger charge is -2.04. The van der Waals surface area contributed by atoms with Gasteiger partial charge in [0.1, 0.15) is 0 Å². The van der Waals surface area contributed by atoms with Crippen LogP contribution in [0.2, 0.25) is 0 Å². The van der Waals surface area contributed by atoms with Crippen LogP contribution in [0.4, 0.5) is 13.2 Å². The van der Waals surface area contributed by atoms with Gasteiger partial charge >= 0.3 is 0 Å². The number of hydrogen-bond acceptors (Lipinski definition) is 2. The fourth-order valence-electron chi connectivity index (χ4n) is 0.852. The number of halogens is 3. The van der Waals surface area contributed by atoms with Crippen LogP contribution in [0.25, 0.3) is 0 Å². The quantitative estimate of drug-likeness (QED) is 0.580. The average Bonchev–Trinajstić information content (AvgIpc) is 2.13. The summed E-state index contributed by atoms with van der Waals surface area (Å²) >= 11 is 0. The molecule has 0 saturated heterocycles. The van der Waals surface area contributed by atoms with Crippen molar-refractivity contribution in [2.45, 2.75) is 6.54 Å². The molecule has 0 aliphatic heterocycles. The standard InChI is InChI=1S/C8H8F3NO/c1-13-12-4-5-2-3-6(9)8(11)7(5)10/h2-3,12H,4H2,1H3. The molecule has 5 heteroatoms. The maximum Gasteiger partial charge on any atom is 0.194 e. The maximum absolute atomic E-state index is 12.9. The van der Waals surface area contributed by atoms with E-state index in [2.05, 4.69) is 10.3 Å². The second kappa shape index (κ2) is 4.25. The van der Waals surface area contributed by atoms with Crippen molar-refractivity contribution in [1.29, 1.82) is 0 Å². The Balaban J connectivity index is 2.90. The first-order valence-electron chi connectivity index (χ1n) is 3.55. The third-order valence-corrected chi connectivity index (χ3v) is 1.52. The van der Waals surface area contributed by atoms with Crippen molar-refractivity contribution in [3.05, 3.63) is 35.1 Å². The van der Waals surface area contributed by atoms with Gasteiger partial charge in [-0.3, -0.25) is 0 Å². The van der Waals surface area contributed by atoms with E-state index in [-0.39, 0.29) is 12.1 Å². The van der Waals surface area contributed by atoms with Crippen molar-refractivity contribution in [3.8, 4) is 0 Å². The lowest BCUT2D eigenvalue weighted by atomic mass is 10.2. The molecule has 0 radical (unpaired) electrons. The number of hydroxylamine groups is 1. The average molecular weight is 191 g/mol. The molecule has 72 valence electrons. The van der Waals surface area contributed by atoms with Gasteiger partial charge in [-0.15, -0.1) is 0 Å². The van der Waals surface area contributed by atoms with Gasteiger partial charge in [0.15, 0.2) is 17.5 Å². The summed E-state index contributed by atoms with van der Waals surface area (Å²) in [7, 11) is 1.35. The first kappa shape index (κ1) is 10.0. The van der Waals surface area contributed by atoms with Crippen LogP contribution in [0.1, 0.15) is 5.56 Å². The van der Waals surface area contributed by atoms with Gasteiger partial charge in [0.2, 0.25) is 0 Å². The van der Waals surface area contributed by atoms with Crippen LogP contribution >= 0.6 is 0 Å². The zero-order valence-electron chi connectivity index (χ0n) is 6.90. The van der Waals surface area contributed by atoms with Crippen molar-refractivity contribution in [3.63, 3.8) is 0 Å². The highest BCUT2D eigenvalue weighted by Crippen LogP contribution is 2.14. The predicted octanol–water partition coefficient (Wildman–Crippen LogP) is 1.75. The normalized spacial score (nSPS) is 10.5. The minimum Gasteiger partial charge on any atom is -0.305 e. The molecule has 1 aromatic carbocycles. The zero-order chi connectivity index (χ0) is 9.84. The van der Waals surface area contributed by atoms with E-state index in [1.54, 1.807) is 0 Å². The van der Waals surface area contributed by atoms with Crippen LogP contribution in [0.3, 0.4) is 0 Å². The fraction of sp³-hybridized carbons (Fsp3) is 0.250. The van der Waals surface area contributed by atoms with Crippen molar-refractivity contribution >= 4 is 0 Å². The number of rotatable bonds is 3. The zero-order valence-corrected chi connectivity index (χ0v) is 6.90. The summed E-state index contributed by atoms with van der Waals surface area (Å²) in [5.41, 5.74) is 2.34. The SMILES string of the molecule is CONCc1ccc(F)c(F)c1F. The molecule has 1 aromatic rings. The molecule has 0 spiro atoms. The van der Waals surface area contributed by atoms with Crippen molar-refractivity contribution in [2.75, 3.05) is 7.11 Å². The van der Waals surface area contributed by atoms with E-state index in [4.69, 9.17) is 0 Å². The lowest BCUT2D eigenvalue weighted by molar-refractivity contribution is 0.0857. The maximum atomic E-state index is 12.9. The summed E-state index contributed by atoms with van der Waals surface area (Å²) in [6.45, 7) is -0.0144. The molecule has 0 aromatic heterocycles. The second-order valence-electron chi connectivity index (χ2n) is 2.36. The molecule has 0 aliphatic carbocycles. The summed E-state index contributed by atoms with van der Waals surface area (Å²) in [6.07, 6.45) is 0. The Bertz CT molecular complexity index is 304. The molecule has 0 amide bonds. The molecule has 13 heavy (non-hydrogen) atoms. The second-order valence-corrected chi connectivity index (χ2v) is 2.36. The molecule has 0 saturated carbocycles. The van der Waals surface area contributed by atoms with E-state index in [9.17, 15) is 13.2 Å². The summed E-state index contributed by atoms with van der Waals surface area (Å²) < 4.78 is 37.9. The topological polar surface area (TPSA) is 21.3 Å². The van der Waals surface area contributed by atoms with Gasteiger partial charge in [-0.1, -0.05) is 6.07 Å². The van der Waals surface area contributed by atoms with E-state index in [1.165, 1.54) is 7.11 Å². The van der Waals surface area contributed by atoms with Crippen molar-refractivity contribution in [1.82, 2.24) is 5.48 Å². The Morgan fingerprint density at radius 3 is 2.54 bits per heavy atom. The Morgan fingerprint density at radius 1 is 1.23 bits per heavy atom. The molecule has 0 heterocycles. The van der Waals surface area contributed by atoms with Crippen LogP contribution in [-0.4, -0.2) is 7.11 Å². The van der Waals surface area contributed by atoms with E-state index in [0.717, 1.165) is 12.1 Å². The third kappa shape index (κ3) is 2.19. The molecular weight excluding hydrogens is 183 g/mol. The van der Waals surface area contributed by atoms with Crippen LogP contribution in [0, 0.1) is 17.5 Å². The lowest BCUT2D eigenvalue weighted by Crippen LogP contribution is -2.13. The summed E-state index contributed by atoms with van der Waals surface area (Å²) in [4.78, 5) is 4.44. The Hall–Kier alpha value is -1.07. The van der Waals surface area contributed by atoms with Gasteiger partial charge in [-0.2, -0.15) is 5.48 Å². The third-order valence-electron chi connectivity index (χ3n) is 1.52. The number of nitrogens with one attached hydrogen (secondary N) is 1. The van der Waals surface area contributed by atoms with Gasteiger partial charge in [-0.05, 0) is 6.07 Å². The molecule has 2 nitrogen and oxygen atoms in total. The van der Waals surface area contributed by atoms with E-state index in [0.29, 0.717) is 0 Å². The molecule has 1 N–H and O–H groups in total. The molecule has 1 rings (SSSR count). The Kier molecular flexibility index (Phi) is 3.27. The highest BCUT2D eigenvalue weighted by Gasteiger charge is 2.12. The molecule has 0 unspecified atom stereocenters. The highest BCUT2D eigenvalue weighted by molar-refractivity contribution is 5.19. The molecule has 0 atom stereocenters. The van der Waals surface area contributed by atoms with E-state index in [1.807, 2.05) is 0 Å². The minimum absolute atomic E-state index is 0.0144. The summed E-state index contributed by atoms with van der Waals surface area (Å²) in [6, 6.07) is 2.02. The monoisotopic (exact) mass is 191 g/mol. The fourth-order valence-corrected chi connectivity index (χ4v) is 0.852. The van der Waals surface area contributed by atoms with Gasteiger partial charge in [0.25, 0.3) is 0 Å². The molecule has 0 bridgehead atoms. The molecule has 0 fully saturated rings. The van der Waals surface area contributed by atoms with Gasteiger partial charge < -0.3 is 4.84 Å². The van der Waals surface area contributed by atoms with Crippen LogP contribution in [0.5, 0.6) is 0 Å². The predicted molar refractivity (Wildman–Crippen MR) is 40.2 cm³/mol. The first-order valence-corrected chi connectivity index (χ1v) is 3.55. The largest absolute Gasteiger partial charge is 0.305 e. The van der Waals surface area contributed by atoms with Crippen LogP contribution < -0.4 is 5.48 Å². The molecule has 0 aliphatic rings. The number of benzene rings is 1. The van der Waals surface area contributed by atoms with Crippen molar-refractivity contribution in [2.24, 2.45) is 0 Å². The van der Waals surface area contributed by atoms with E-state index >= 15 is 0 Å². The smallest absolute Gasteiger partial charge is 0.194 e. The summed E-state index contributed by atoms with van der Waals surface area (Å²) in [5.74, 6) is -3.85. The number of hydrogen-bond donors (Lipinski definition) is 1. The first-order chi connectivity index (χ1) is 6.16. The van der Waals surface area contributed by atoms with Gasteiger partial charge in [0, 0.05) is 12.1 Å². The highest BCUT2D eigenvalue weighted by atomic mass is 19.2. The molecular formula is C8H8F3NO. The Labute approximate surface area is 73.3 Å². The van der Waals surface area contributed by atoms with Crippen LogP contribution in [0.15, 0.2) is 12.1 Å².